The fourth-order valence-electron chi connectivity index (χ4n) is 5.93. The highest BCUT2D eigenvalue weighted by atomic mass is 32.2. The van der Waals surface area contributed by atoms with Crippen LogP contribution in [0.3, 0.4) is 0 Å². The minimum atomic E-state index is -0.464. The van der Waals surface area contributed by atoms with Crippen molar-refractivity contribution in [2.75, 3.05) is 0 Å². The van der Waals surface area contributed by atoms with Crippen molar-refractivity contribution in [1.29, 1.82) is 0 Å². The van der Waals surface area contributed by atoms with E-state index >= 15 is 0 Å². The van der Waals surface area contributed by atoms with Crippen molar-refractivity contribution < 1.29 is 0 Å². The molecule has 45 heavy (non-hydrogen) atoms. The third-order valence-electron chi connectivity index (χ3n) is 7.94. The molecule has 240 valence electrons. The topological polar surface area (TPSA) is 121 Å². The van der Waals surface area contributed by atoms with E-state index < -0.39 is 5.69 Å². The van der Waals surface area contributed by atoms with E-state index in [-0.39, 0.29) is 16.8 Å². The van der Waals surface area contributed by atoms with E-state index in [4.69, 9.17) is 0 Å². The lowest BCUT2D eigenvalue weighted by molar-refractivity contribution is 0.305. The SMILES string of the molecule is CCc1c(Sc2cc(C)cc(C)c2)[nH]c(=O)[nH]c1=O.CCc1c(Sc2cc(C)cc(C)c2)n(CC2CCCCC2)c(=O)[nH]c1=O. The van der Waals surface area contributed by atoms with Gasteiger partial charge in [-0.1, -0.05) is 68.8 Å². The fourth-order valence-corrected chi connectivity index (χ4v) is 8.50. The van der Waals surface area contributed by atoms with Crippen LogP contribution in [0.4, 0.5) is 0 Å². The monoisotopic (exact) mass is 648 g/mol. The van der Waals surface area contributed by atoms with Gasteiger partial charge in [0.2, 0.25) is 0 Å². The maximum atomic E-state index is 12.6. The molecule has 0 spiro atoms. The first kappa shape index (κ1) is 34.4. The van der Waals surface area contributed by atoms with Gasteiger partial charge in [0, 0.05) is 27.5 Å². The third-order valence-corrected chi connectivity index (χ3v) is 10.1. The van der Waals surface area contributed by atoms with Crippen molar-refractivity contribution in [1.82, 2.24) is 19.5 Å². The molecule has 3 N–H and O–H groups in total. The minimum absolute atomic E-state index is 0.246. The maximum Gasteiger partial charge on any atom is 0.329 e. The lowest BCUT2D eigenvalue weighted by atomic mass is 9.89. The second-order valence-electron chi connectivity index (χ2n) is 11.9. The first-order valence-electron chi connectivity index (χ1n) is 15.7. The summed E-state index contributed by atoms with van der Waals surface area (Å²) in [6.45, 7) is 12.8. The van der Waals surface area contributed by atoms with Gasteiger partial charge in [0.25, 0.3) is 11.1 Å². The molecule has 1 fully saturated rings. The summed E-state index contributed by atoms with van der Waals surface area (Å²) < 4.78 is 1.82. The van der Waals surface area contributed by atoms with Crippen LogP contribution in [0.5, 0.6) is 0 Å². The van der Waals surface area contributed by atoms with Crippen molar-refractivity contribution in [2.45, 2.75) is 113 Å². The van der Waals surface area contributed by atoms with Crippen LogP contribution in [0.15, 0.2) is 75.4 Å². The first-order valence-corrected chi connectivity index (χ1v) is 17.3. The number of aromatic nitrogens is 4. The molecule has 0 aliphatic heterocycles. The average Bonchev–Trinajstić information content (AvgIpc) is 2.95. The molecule has 0 unspecified atom stereocenters. The number of nitrogens with one attached hydrogen (secondary N) is 3. The zero-order chi connectivity index (χ0) is 32.7. The molecule has 2 aromatic carbocycles. The Morgan fingerprint density at radius 2 is 1.18 bits per heavy atom. The highest BCUT2D eigenvalue weighted by molar-refractivity contribution is 7.99. The molecular weight excluding hydrogens is 605 g/mol. The summed E-state index contributed by atoms with van der Waals surface area (Å²) in [5, 5.41) is 1.44. The van der Waals surface area contributed by atoms with Crippen LogP contribution in [0.2, 0.25) is 0 Å². The number of H-pyrrole nitrogens is 3. The molecule has 4 aromatic rings. The standard InChI is InChI=1S/C21H28N2O2S.C14H16N2O2S/c1-4-18-19(24)22-21(25)23(13-16-8-6-5-7-9-16)20(18)26-17-11-14(2)10-15(3)12-17;1-4-11-12(17)15-14(18)16-13(11)19-10-6-8(2)5-9(3)7-10/h10-12,16H,4-9,13H2,1-3H3,(H,22,24,25);5-7H,4H2,1-3H3,(H2,15,16,17,18). The first-order chi connectivity index (χ1) is 21.5. The molecule has 0 bridgehead atoms. The van der Waals surface area contributed by atoms with E-state index in [9.17, 15) is 19.2 Å². The molecule has 10 heteroatoms. The van der Waals surface area contributed by atoms with Crippen LogP contribution < -0.4 is 22.5 Å². The minimum Gasteiger partial charge on any atom is -0.301 e. The maximum absolute atomic E-state index is 12.6. The molecular formula is C35H44N4O4S2. The summed E-state index contributed by atoms with van der Waals surface area (Å²) in [6, 6.07) is 12.5. The number of rotatable bonds is 8. The highest BCUT2D eigenvalue weighted by Gasteiger charge is 2.20. The number of hydrogen-bond acceptors (Lipinski definition) is 6. The van der Waals surface area contributed by atoms with Crippen LogP contribution in [0, 0.1) is 33.6 Å². The number of hydrogen-bond donors (Lipinski definition) is 3. The number of aromatic amines is 3. The van der Waals surface area contributed by atoms with Crippen molar-refractivity contribution in [2.24, 2.45) is 5.92 Å². The Bertz CT molecular complexity index is 1840. The molecule has 1 saturated carbocycles. The second-order valence-corrected chi connectivity index (χ2v) is 14.1. The number of nitrogens with zero attached hydrogens (tertiary/aromatic N) is 1. The highest BCUT2D eigenvalue weighted by Crippen LogP contribution is 2.32. The Balaban J connectivity index is 0.000000215. The second kappa shape index (κ2) is 15.7. The van der Waals surface area contributed by atoms with E-state index in [0.717, 1.165) is 25.9 Å². The quantitative estimate of drug-likeness (QED) is 0.180. The van der Waals surface area contributed by atoms with Crippen LogP contribution >= 0.6 is 23.5 Å². The molecule has 2 aromatic heterocycles. The van der Waals surface area contributed by atoms with E-state index in [0.29, 0.717) is 41.5 Å². The molecule has 1 aliphatic carbocycles. The van der Waals surface area contributed by atoms with Gasteiger partial charge in [-0.05, 0) is 106 Å². The normalized spacial score (nSPS) is 13.4. The van der Waals surface area contributed by atoms with Crippen molar-refractivity contribution in [3.05, 3.63) is 111 Å². The lowest BCUT2D eigenvalue weighted by Crippen LogP contribution is -2.35. The summed E-state index contributed by atoms with van der Waals surface area (Å²) in [5.41, 5.74) is 4.74. The Labute approximate surface area is 272 Å². The third kappa shape index (κ3) is 9.26. The van der Waals surface area contributed by atoms with E-state index in [1.807, 2.05) is 44.4 Å². The molecule has 0 atom stereocenters. The van der Waals surface area contributed by atoms with Crippen LogP contribution in [0.1, 0.15) is 79.3 Å². The van der Waals surface area contributed by atoms with Crippen LogP contribution in [0.25, 0.3) is 0 Å². The number of benzene rings is 2. The smallest absolute Gasteiger partial charge is 0.301 e. The van der Waals surface area contributed by atoms with Gasteiger partial charge in [-0.2, -0.15) is 0 Å². The van der Waals surface area contributed by atoms with Gasteiger partial charge in [0.05, 0.1) is 10.1 Å². The van der Waals surface area contributed by atoms with E-state index in [2.05, 4.69) is 53.1 Å². The molecule has 0 amide bonds. The summed E-state index contributed by atoms with van der Waals surface area (Å²) in [7, 11) is 0. The van der Waals surface area contributed by atoms with Crippen molar-refractivity contribution in [3.63, 3.8) is 0 Å². The van der Waals surface area contributed by atoms with Gasteiger partial charge in [-0.15, -0.1) is 0 Å². The van der Waals surface area contributed by atoms with Gasteiger partial charge < -0.3 is 4.98 Å². The average molecular weight is 649 g/mol. The molecule has 8 nitrogen and oxygen atoms in total. The zero-order valence-electron chi connectivity index (χ0n) is 27.1. The Hall–Kier alpha value is -3.50. The van der Waals surface area contributed by atoms with E-state index in [1.165, 1.54) is 55.0 Å². The van der Waals surface area contributed by atoms with Gasteiger partial charge >= 0.3 is 11.4 Å². The Morgan fingerprint density at radius 3 is 1.71 bits per heavy atom. The summed E-state index contributed by atoms with van der Waals surface area (Å²) >= 11 is 2.97. The van der Waals surface area contributed by atoms with E-state index in [1.54, 1.807) is 11.8 Å². The van der Waals surface area contributed by atoms with Crippen molar-refractivity contribution in [3.8, 4) is 0 Å². The summed E-state index contributed by atoms with van der Waals surface area (Å²) in [6.07, 6.45) is 7.31. The van der Waals surface area contributed by atoms with Crippen LogP contribution in [-0.4, -0.2) is 19.5 Å². The Morgan fingerprint density at radius 1 is 0.667 bits per heavy atom. The largest absolute Gasteiger partial charge is 0.329 e. The Kier molecular flexibility index (Phi) is 12.0. The van der Waals surface area contributed by atoms with Crippen LogP contribution in [-0.2, 0) is 19.4 Å². The molecule has 5 rings (SSSR count). The van der Waals surface area contributed by atoms with Gasteiger partial charge in [-0.3, -0.25) is 24.1 Å². The molecule has 0 radical (unpaired) electrons. The van der Waals surface area contributed by atoms with Gasteiger partial charge in [0.15, 0.2) is 0 Å². The zero-order valence-corrected chi connectivity index (χ0v) is 28.7. The molecule has 1 aliphatic rings. The summed E-state index contributed by atoms with van der Waals surface area (Å²) in [5.74, 6) is 0.524. The molecule has 2 heterocycles. The summed E-state index contributed by atoms with van der Waals surface area (Å²) in [4.78, 5) is 57.7. The molecule has 0 saturated heterocycles. The predicted molar refractivity (Wildman–Crippen MR) is 184 cm³/mol. The fraction of sp³-hybridized carbons (Fsp3) is 0.429. The predicted octanol–water partition coefficient (Wildman–Crippen LogP) is 6.84. The number of aryl methyl sites for hydroxylation is 4. The van der Waals surface area contributed by atoms with Gasteiger partial charge in [0.1, 0.15) is 0 Å². The van der Waals surface area contributed by atoms with Crippen molar-refractivity contribution >= 4 is 23.5 Å². The lowest BCUT2D eigenvalue weighted by Gasteiger charge is -2.24. The van der Waals surface area contributed by atoms with Gasteiger partial charge in [-0.25, -0.2) is 9.59 Å².